The number of rotatable bonds is 3. The molecule has 0 saturated carbocycles. The van der Waals surface area contributed by atoms with Crippen molar-refractivity contribution in [3.63, 3.8) is 0 Å². The molecule has 1 aromatic heterocycles. The second-order valence-corrected chi connectivity index (χ2v) is 6.73. The monoisotopic (exact) mass is 350 g/mol. The normalized spacial score (nSPS) is 13.4. The fraction of sp³-hybridized carbons (Fsp3) is 0.267. The lowest BCUT2D eigenvalue weighted by Gasteiger charge is -2.18. The molecule has 104 valence electrons. The van der Waals surface area contributed by atoms with Gasteiger partial charge < -0.3 is 10.6 Å². The molecule has 2 aromatic rings. The molecule has 0 spiro atoms. The second-order valence-electron chi connectivity index (χ2n) is 4.82. The number of hydrogen-bond donors (Lipinski definition) is 2. The van der Waals surface area contributed by atoms with E-state index in [1.165, 1.54) is 5.56 Å². The number of carbonyl (C=O) groups is 1. The van der Waals surface area contributed by atoms with Crippen LogP contribution in [-0.4, -0.2) is 12.5 Å². The third kappa shape index (κ3) is 3.04. The molecule has 0 atom stereocenters. The predicted octanol–water partition coefficient (Wildman–Crippen LogP) is 3.80. The molecule has 0 aliphatic carbocycles. The average Bonchev–Trinajstić information content (AvgIpc) is 2.90. The van der Waals surface area contributed by atoms with E-state index in [2.05, 4.69) is 26.6 Å². The molecule has 0 radical (unpaired) electrons. The van der Waals surface area contributed by atoms with E-state index in [4.69, 9.17) is 0 Å². The Kier molecular flexibility index (Phi) is 4.08. The molecule has 0 bridgehead atoms. The van der Waals surface area contributed by atoms with E-state index in [0.717, 1.165) is 40.0 Å². The van der Waals surface area contributed by atoms with Crippen molar-refractivity contribution in [2.75, 3.05) is 11.9 Å². The van der Waals surface area contributed by atoms with Gasteiger partial charge in [0.15, 0.2) is 0 Å². The van der Waals surface area contributed by atoms with E-state index >= 15 is 0 Å². The van der Waals surface area contributed by atoms with Crippen molar-refractivity contribution >= 4 is 38.9 Å². The highest BCUT2D eigenvalue weighted by molar-refractivity contribution is 9.10. The minimum Gasteiger partial charge on any atom is -0.385 e. The first-order valence-electron chi connectivity index (χ1n) is 6.60. The summed E-state index contributed by atoms with van der Waals surface area (Å²) < 4.78 is 1.06. The fourth-order valence-corrected chi connectivity index (χ4v) is 3.72. The lowest BCUT2D eigenvalue weighted by molar-refractivity contribution is 0.0951. The van der Waals surface area contributed by atoms with Crippen LogP contribution in [0.3, 0.4) is 0 Å². The largest absolute Gasteiger partial charge is 0.385 e. The van der Waals surface area contributed by atoms with E-state index in [1.807, 2.05) is 29.6 Å². The quantitative estimate of drug-likeness (QED) is 0.883. The fourth-order valence-electron chi connectivity index (χ4n) is 2.33. The van der Waals surface area contributed by atoms with E-state index in [9.17, 15) is 4.79 Å². The molecule has 3 rings (SSSR count). The van der Waals surface area contributed by atoms with Gasteiger partial charge in [-0.3, -0.25) is 4.79 Å². The summed E-state index contributed by atoms with van der Waals surface area (Å²) in [5.41, 5.74) is 3.14. The lowest BCUT2D eigenvalue weighted by atomic mass is 10.0. The number of benzene rings is 1. The van der Waals surface area contributed by atoms with Crippen molar-refractivity contribution in [1.29, 1.82) is 0 Å². The van der Waals surface area contributed by atoms with Crippen molar-refractivity contribution in [2.45, 2.75) is 19.4 Å². The molecule has 1 amide bonds. The van der Waals surface area contributed by atoms with Crippen LogP contribution < -0.4 is 10.6 Å². The zero-order valence-electron chi connectivity index (χ0n) is 10.9. The maximum absolute atomic E-state index is 12.2. The van der Waals surface area contributed by atoms with Crippen LogP contribution in [-0.2, 0) is 13.0 Å². The SMILES string of the molecule is O=C(NCc1cc(Br)cs1)c1ccc2c(c1)CCCN2. The number of thiophene rings is 1. The van der Waals surface area contributed by atoms with Crippen LogP contribution >= 0.6 is 27.3 Å². The van der Waals surface area contributed by atoms with Crippen LogP contribution in [0.5, 0.6) is 0 Å². The highest BCUT2D eigenvalue weighted by atomic mass is 79.9. The van der Waals surface area contributed by atoms with Crippen molar-refractivity contribution < 1.29 is 4.79 Å². The van der Waals surface area contributed by atoms with Crippen molar-refractivity contribution in [3.8, 4) is 0 Å². The summed E-state index contributed by atoms with van der Waals surface area (Å²) in [6, 6.07) is 7.92. The van der Waals surface area contributed by atoms with Crippen LogP contribution in [0.4, 0.5) is 5.69 Å². The van der Waals surface area contributed by atoms with Gasteiger partial charge in [-0.25, -0.2) is 0 Å². The highest BCUT2D eigenvalue weighted by Gasteiger charge is 2.12. The molecule has 1 aromatic carbocycles. The molecule has 0 unspecified atom stereocenters. The molecule has 1 aliphatic heterocycles. The van der Waals surface area contributed by atoms with Gasteiger partial charge in [0.05, 0.1) is 6.54 Å². The van der Waals surface area contributed by atoms with E-state index < -0.39 is 0 Å². The Labute approximate surface area is 130 Å². The Morgan fingerprint density at radius 3 is 3.10 bits per heavy atom. The molecular formula is C15H15BrN2OS. The Morgan fingerprint density at radius 2 is 2.30 bits per heavy atom. The van der Waals surface area contributed by atoms with E-state index in [0.29, 0.717) is 6.54 Å². The number of amides is 1. The minimum atomic E-state index is -0.0112. The van der Waals surface area contributed by atoms with Gasteiger partial charge in [0.2, 0.25) is 0 Å². The smallest absolute Gasteiger partial charge is 0.251 e. The summed E-state index contributed by atoms with van der Waals surface area (Å²) in [6.07, 6.45) is 2.17. The minimum absolute atomic E-state index is 0.0112. The maximum Gasteiger partial charge on any atom is 0.251 e. The Balaban J connectivity index is 1.67. The molecule has 2 N–H and O–H groups in total. The van der Waals surface area contributed by atoms with Gasteiger partial charge in [-0.1, -0.05) is 0 Å². The van der Waals surface area contributed by atoms with Gasteiger partial charge in [-0.2, -0.15) is 0 Å². The molecule has 3 nitrogen and oxygen atoms in total. The molecule has 5 heteroatoms. The van der Waals surface area contributed by atoms with Crippen LogP contribution in [0.1, 0.15) is 27.2 Å². The number of carbonyl (C=O) groups excluding carboxylic acids is 1. The molecule has 0 saturated heterocycles. The molecule has 2 heterocycles. The van der Waals surface area contributed by atoms with Crippen molar-refractivity contribution in [1.82, 2.24) is 5.32 Å². The average molecular weight is 351 g/mol. The zero-order valence-corrected chi connectivity index (χ0v) is 13.3. The molecular weight excluding hydrogens is 336 g/mol. The molecule has 20 heavy (non-hydrogen) atoms. The van der Waals surface area contributed by atoms with Crippen LogP contribution in [0.25, 0.3) is 0 Å². The standard InChI is InChI=1S/C15H15BrN2OS/c16-12-7-13(20-9-12)8-18-15(19)11-3-4-14-10(6-11)2-1-5-17-14/h3-4,6-7,9,17H,1-2,5,8H2,(H,18,19). The third-order valence-corrected chi connectivity index (χ3v) is 5.05. The molecule has 1 aliphatic rings. The Hall–Kier alpha value is -1.33. The van der Waals surface area contributed by atoms with Gasteiger partial charge >= 0.3 is 0 Å². The third-order valence-electron chi connectivity index (χ3n) is 3.35. The number of hydrogen-bond acceptors (Lipinski definition) is 3. The highest BCUT2D eigenvalue weighted by Crippen LogP contribution is 2.23. The Morgan fingerprint density at radius 1 is 1.40 bits per heavy atom. The lowest BCUT2D eigenvalue weighted by Crippen LogP contribution is -2.23. The number of nitrogens with one attached hydrogen (secondary N) is 2. The summed E-state index contributed by atoms with van der Waals surface area (Å²) in [7, 11) is 0. The summed E-state index contributed by atoms with van der Waals surface area (Å²) in [4.78, 5) is 13.3. The summed E-state index contributed by atoms with van der Waals surface area (Å²) in [5.74, 6) is -0.0112. The maximum atomic E-state index is 12.2. The summed E-state index contributed by atoms with van der Waals surface area (Å²) in [6.45, 7) is 1.59. The van der Waals surface area contributed by atoms with Gasteiger partial charge in [-0.05, 0) is 58.6 Å². The van der Waals surface area contributed by atoms with Gasteiger partial charge in [0.25, 0.3) is 5.91 Å². The number of anilines is 1. The van der Waals surface area contributed by atoms with Crippen molar-refractivity contribution in [2.24, 2.45) is 0 Å². The second kappa shape index (κ2) is 5.97. The van der Waals surface area contributed by atoms with E-state index in [-0.39, 0.29) is 5.91 Å². The summed E-state index contributed by atoms with van der Waals surface area (Å²) in [5, 5.41) is 8.34. The first-order chi connectivity index (χ1) is 9.72. The topological polar surface area (TPSA) is 41.1 Å². The molecule has 0 fully saturated rings. The van der Waals surface area contributed by atoms with Crippen LogP contribution in [0.2, 0.25) is 0 Å². The van der Waals surface area contributed by atoms with Crippen LogP contribution in [0.15, 0.2) is 34.1 Å². The van der Waals surface area contributed by atoms with Gasteiger partial charge in [-0.15, -0.1) is 11.3 Å². The number of halogens is 1. The summed E-state index contributed by atoms with van der Waals surface area (Å²) >= 11 is 5.05. The van der Waals surface area contributed by atoms with E-state index in [1.54, 1.807) is 11.3 Å². The first-order valence-corrected chi connectivity index (χ1v) is 8.27. The zero-order chi connectivity index (χ0) is 13.9. The Bertz CT molecular complexity index is 639. The van der Waals surface area contributed by atoms with Crippen LogP contribution in [0, 0.1) is 0 Å². The van der Waals surface area contributed by atoms with Gasteiger partial charge in [0.1, 0.15) is 0 Å². The van der Waals surface area contributed by atoms with Crippen molar-refractivity contribution in [3.05, 3.63) is 50.1 Å². The van der Waals surface area contributed by atoms with Gasteiger partial charge in [0, 0.05) is 32.5 Å². The predicted molar refractivity (Wildman–Crippen MR) is 86.4 cm³/mol. The number of fused-ring (bicyclic) bond motifs is 1. The first kappa shape index (κ1) is 13.6. The number of aryl methyl sites for hydroxylation is 1.